The first-order chi connectivity index (χ1) is 8.25. The van der Waals surface area contributed by atoms with Crippen molar-refractivity contribution in [3.05, 3.63) is 64.7 Å². The van der Waals surface area contributed by atoms with E-state index < -0.39 is 4.92 Å². The van der Waals surface area contributed by atoms with E-state index in [2.05, 4.69) is 16.3 Å². The number of nitro benzene ring substituents is 1. The molecule has 0 amide bonds. The lowest BCUT2D eigenvalue weighted by molar-refractivity contribution is -0.384. The summed E-state index contributed by atoms with van der Waals surface area (Å²) in [4.78, 5) is 9.99. The summed E-state index contributed by atoms with van der Waals surface area (Å²) < 4.78 is 0. The van der Waals surface area contributed by atoms with Crippen molar-refractivity contribution in [3.63, 3.8) is 0 Å². The number of rotatable bonds is 3. The Morgan fingerprint density at radius 3 is 2.00 bits per heavy atom. The van der Waals surface area contributed by atoms with E-state index in [0.29, 0.717) is 11.4 Å². The van der Waals surface area contributed by atoms with Gasteiger partial charge in [-0.05, 0) is 30.3 Å². The Morgan fingerprint density at radius 1 is 0.941 bits per heavy atom. The van der Waals surface area contributed by atoms with E-state index in [9.17, 15) is 10.1 Å². The van der Waals surface area contributed by atoms with Crippen LogP contribution in [0.3, 0.4) is 0 Å². The maximum Gasteiger partial charge on any atom is 0.269 e. The van der Waals surface area contributed by atoms with Gasteiger partial charge in [-0.15, -0.1) is 0 Å². The molecule has 0 N–H and O–H groups in total. The zero-order valence-corrected chi connectivity index (χ0v) is 8.78. The summed E-state index contributed by atoms with van der Waals surface area (Å²) in [5.74, 6) is 0. The highest BCUT2D eigenvalue weighted by Crippen LogP contribution is 2.20. The van der Waals surface area contributed by atoms with Gasteiger partial charge in [0.25, 0.3) is 5.69 Å². The van der Waals surface area contributed by atoms with Crippen molar-refractivity contribution in [2.45, 2.75) is 0 Å². The maximum absolute atomic E-state index is 10.4. The molecule has 0 aliphatic carbocycles. The fourth-order valence-electron chi connectivity index (χ4n) is 1.20. The highest BCUT2D eigenvalue weighted by atomic mass is 16.6. The molecular weight excluding hydrogens is 218 g/mol. The Balaban J connectivity index is 2.14. The van der Waals surface area contributed by atoms with Gasteiger partial charge in [0.15, 0.2) is 0 Å². The quantitative estimate of drug-likeness (QED) is 0.453. The summed E-state index contributed by atoms with van der Waals surface area (Å²) >= 11 is 0. The minimum Gasteiger partial charge on any atom is -0.258 e. The average molecular weight is 226 g/mol. The van der Waals surface area contributed by atoms with Crippen molar-refractivity contribution < 1.29 is 4.92 Å². The van der Waals surface area contributed by atoms with Crippen molar-refractivity contribution in [1.29, 1.82) is 0 Å². The average Bonchev–Trinajstić information content (AvgIpc) is 2.38. The first-order valence-electron chi connectivity index (χ1n) is 4.88. The SMILES string of the molecule is O=[N+]([O-])c1ccc(N=Nc2cc[c]cc2)cc1. The Bertz CT molecular complexity index is 535. The molecule has 0 spiro atoms. The molecule has 0 fully saturated rings. The third-order valence-electron chi connectivity index (χ3n) is 2.04. The van der Waals surface area contributed by atoms with Crippen LogP contribution >= 0.6 is 0 Å². The second-order valence-corrected chi connectivity index (χ2v) is 3.23. The van der Waals surface area contributed by atoms with E-state index in [0.717, 1.165) is 0 Å². The molecule has 0 bridgehead atoms. The van der Waals surface area contributed by atoms with E-state index in [1.165, 1.54) is 12.1 Å². The number of non-ortho nitro benzene ring substituents is 1. The van der Waals surface area contributed by atoms with Crippen LogP contribution in [-0.4, -0.2) is 4.92 Å². The zero-order valence-electron chi connectivity index (χ0n) is 8.78. The molecule has 2 rings (SSSR count). The monoisotopic (exact) mass is 226 g/mol. The summed E-state index contributed by atoms with van der Waals surface area (Å²) in [5.41, 5.74) is 1.32. The molecule has 0 aliphatic heterocycles. The molecule has 0 aromatic heterocycles. The molecular formula is C12H8N3O2. The van der Waals surface area contributed by atoms with E-state index >= 15 is 0 Å². The molecule has 83 valence electrons. The fourth-order valence-corrected chi connectivity index (χ4v) is 1.20. The van der Waals surface area contributed by atoms with Crippen LogP contribution in [0, 0.1) is 16.2 Å². The van der Waals surface area contributed by atoms with E-state index in [4.69, 9.17) is 0 Å². The van der Waals surface area contributed by atoms with Crippen LogP contribution in [0.25, 0.3) is 0 Å². The first-order valence-corrected chi connectivity index (χ1v) is 4.88. The molecule has 0 saturated carbocycles. The van der Waals surface area contributed by atoms with Gasteiger partial charge in [-0.25, -0.2) is 0 Å². The van der Waals surface area contributed by atoms with Crippen LogP contribution in [0.5, 0.6) is 0 Å². The Morgan fingerprint density at radius 2 is 1.47 bits per heavy atom. The lowest BCUT2D eigenvalue weighted by Gasteiger charge is -1.93. The highest BCUT2D eigenvalue weighted by Gasteiger charge is 2.02. The van der Waals surface area contributed by atoms with Crippen LogP contribution in [-0.2, 0) is 0 Å². The molecule has 5 heteroatoms. The Hall–Kier alpha value is -2.56. The van der Waals surface area contributed by atoms with Crippen LogP contribution in [0.4, 0.5) is 17.1 Å². The topological polar surface area (TPSA) is 67.9 Å². The molecule has 0 heterocycles. The lowest BCUT2D eigenvalue weighted by Crippen LogP contribution is -1.85. The van der Waals surface area contributed by atoms with Gasteiger partial charge >= 0.3 is 0 Å². The van der Waals surface area contributed by atoms with Crippen molar-refractivity contribution in [1.82, 2.24) is 0 Å². The van der Waals surface area contributed by atoms with Crippen LogP contribution < -0.4 is 0 Å². The third-order valence-corrected chi connectivity index (χ3v) is 2.04. The first kappa shape index (κ1) is 10.9. The molecule has 2 aromatic rings. The number of hydrogen-bond donors (Lipinski definition) is 0. The van der Waals surface area contributed by atoms with Gasteiger partial charge in [-0.1, -0.05) is 12.1 Å². The van der Waals surface area contributed by atoms with Gasteiger partial charge < -0.3 is 0 Å². The van der Waals surface area contributed by atoms with Crippen LogP contribution in [0.1, 0.15) is 0 Å². The number of nitrogens with zero attached hydrogens (tertiary/aromatic N) is 3. The summed E-state index contributed by atoms with van der Waals surface area (Å²) in [6, 6.07) is 15.8. The molecule has 17 heavy (non-hydrogen) atoms. The predicted molar refractivity (Wildman–Crippen MR) is 62.6 cm³/mol. The minimum atomic E-state index is -0.450. The smallest absolute Gasteiger partial charge is 0.258 e. The lowest BCUT2D eigenvalue weighted by atomic mass is 10.3. The summed E-state index contributed by atoms with van der Waals surface area (Å²) in [7, 11) is 0. The normalized spacial score (nSPS) is 10.6. The molecule has 5 nitrogen and oxygen atoms in total. The van der Waals surface area contributed by atoms with E-state index in [1.807, 2.05) is 0 Å². The van der Waals surface area contributed by atoms with Gasteiger partial charge in [-0.3, -0.25) is 10.1 Å². The standard InChI is InChI=1S/C12H8N3O2/c16-15(17)12-8-6-11(7-9-12)14-13-10-4-2-1-3-5-10/h2-9H. The van der Waals surface area contributed by atoms with Gasteiger partial charge in [0, 0.05) is 12.1 Å². The van der Waals surface area contributed by atoms with Gasteiger partial charge in [0.2, 0.25) is 0 Å². The largest absolute Gasteiger partial charge is 0.269 e. The van der Waals surface area contributed by atoms with Crippen molar-refractivity contribution in [3.8, 4) is 0 Å². The van der Waals surface area contributed by atoms with E-state index in [-0.39, 0.29) is 5.69 Å². The van der Waals surface area contributed by atoms with Crippen LogP contribution in [0.2, 0.25) is 0 Å². The molecule has 0 unspecified atom stereocenters. The number of azo groups is 1. The molecule has 0 saturated heterocycles. The molecule has 2 aromatic carbocycles. The van der Waals surface area contributed by atoms with Crippen molar-refractivity contribution >= 4 is 17.1 Å². The zero-order chi connectivity index (χ0) is 12.1. The highest BCUT2D eigenvalue weighted by molar-refractivity contribution is 5.44. The van der Waals surface area contributed by atoms with Gasteiger partial charge in [0.1, 0.15) is 0 Å². The number of benzene rings is 2. The predicted octanol–water partition coefficient (Wildman–Crippen LogP) is 3.81. The number of nitro groups is 1. The summed E-state index contributed by atoms with van der Waals surface area (Å²) in [6.45, 7) is 0. The number of hydrogen-bond acceptors (Lipinski definition) is 4. The minimum absolute atomic E-state index is 0.0401. The second kappa shape index (κ2) is 4.98. The Labute approximate surface area is 97.6 Å². The summed E-state index contributed by atoms with van der Waals surface area (Å²) in [6.07, 6.45) is 0. The Kier molecular flexibility index (Phi) is 3.20. The van der Waals surface area contributed by atoms with Crippen molar-refractivity contribution in [2.24, 2.45) is 10.2 Å². The fraction of sp³-hybridized carbons (Fsp3) is 0. The maximum atomic E-state index is 10.4. The van der Waals surface area contributed by atoms with Crippen molar-refractivity contribution in [2.75, 3.05) is 0 Å². The van der Waals surface area contributed by atoms with Gasteiger partial charge in [-0.2, -0.15) is 10.2 Å². The summed E-state index contributed by atoms with van der Waals surface area (Å²) in [5, 5.41) is 18.4. The molecule has 0 aliphatic rings. The second-order valence-electron chi connectivity index (χ2n) is 3.23. The third kappa shape index (κ3) is 2.94. The van der Waals surface area contributed by atoms with Gasteiger partial charge in [0.05, 0.1) is 16.3 Å². The van der Waals surface area contributed by atoms with E-state index in [1.54, 1.807) is 36.4 Å². The van der Waals surface area contributed by atoms with Crippen LogP contribution in [0.15, 0.2) is 58.8 Å². The molecule has 1 radical (unpaired) electrons. The molecule has 0 atom stereocenters.